The van der Waals surface area contributed by atoms with E-state index in [4.69, 9.17) is 11.6 Å². The molecule has 2 amide bonds. The summed E-state index contributed by atoms with van der Waals surface area (Å²) in [4.78, 5) is 29.6. The van der Waals surface area contributed by atoms with E-state index in [2.05, 4.69) is 31.1 Å². The quantitative estimate of drug-likeness (QED) is 0.257. The van der Waals surface area contributed by atoms with Crippen LogP contribution in [0.15, 0.2) is 30.5 Å². The summed E-state index contributed by atoms with van der Waals surface area (Å²) in [6, 6.07) is 5.86. The molecule has 188 valence electrons. The first kappa shape index (κ1) is 24.3. The maximum Gasteiger partial charge on any atom is 0.418 e. The van der Waals surface area contributed by atoms with Crippen LogP contribution in [0.1, 0.15) is 42.6 Å². The number of nitrogens with zero attached hydrogens (tertiary/aromatic N) is 2. The highest BCUT2D eigenvalue weighted by Gasteiger charge is 2.36. The summed E-state index contributed by atoms with van der Waals surface area (Å²) in [5.74, 6) is -0.827. The number of hydrogen-bond donors (Lipinski definition) is 4. The Morgan fingerprint density at radius 1 is 1.19 bits per heavy atom. The summed E-state index contributed by atoms with van der Waals surface area (Å²) < 4.78 is 41.2. The molecule has 1 saturated carbocycles. The van der Waals surface area contributed by atoms with Crippen LogP contribution in [-0.2, 0) is 11.0 Å². The number of anilines is 2. The number of carbonyl (C=O) groups is 2. The van der Waals surface area contributed by atoms with Gasteiger partial charge in [0.15, 0.2) is 5.13 Å². The Hall–Kier alpha value is -3.38. The Kier molecular flexibility index (Phi) is 5.83. The third-order valence-corrected chi connectivity index (χ3v) is 7.09. The maximum atomic E-state index is 13.6. The fourth-order valence-electron chi connectivity index (χ4n) is 3.69. The van der Waals surface area contributed by atoms with E-state index < -0.39 is 23.2 Å². The number of amides is 2. The molecule has 13 heteroatoms. The van der Waals surface area contributed by atoms with Gasteiger partial charge in [0.25, 0.3) is 11.8 Å². The van der Waals surface area contributed by atoms with E-state index in [1.165, 1.54) is 6.20 Å². The van der Waals surface area contributed by atoms with Crippen LogP contribution in [-0.4, -0.2) is 38.6 Å². The maximum absolute atomic E-state index is 13.6. The van der Waals surface area contributed by atoms with Crippen molar-refractivity contribution in [2.45, 2.75) is 44.4 Å². The summed E-state index contributed by atoms with van der Waals surface area (Å²) >= 11 is 7.12. The minimum Gasteiger partial charge on any atom is -0.372 e. The van der Waals surface area contributed by atoms with Gasteiger partial charge in [0.05, 0.1) is 38.1 Å². The first-order chi connectivity index (χ1) is 16.9. The number of nitrogens with one attached hydrogen (secondary N) is 4. The zero-order valence-corrected chi connectivity index (χ0v) is 20.6. The minimum absolute atomic E-state index is 0.0182. The predicted molar refractivity (Wildman–Crippen MR) is 133 cm³/mol. The van der Waals surface area contributed by atoms with Crippen LogP contribution in [0, 0.1) is 0 Å². The van der Waals surface area contributed by atoms with Crippen LogP contribution in [0.5, 0.6) is 0 Å². The average Bonchev–Trinajstić information content (AvgIpc) is 3.30. The molecule has 1 fully saturated rings. The Balaban J connectivity index is 1.39. The van der Waals surface area contributed by atoms with Crippen LogP contribution in [0.2, 0.25) is 5.02 Å². The second-order valence-electron chi connectivity index (χ2n) is 9.10. The van der Waals surface area contributed by atoms with Gasteiger partial charge >= 0.3 is 6.18 Å². The first-order valence-corrected chi connectivity index (χ1v) is 12.2. The van der Waals surface area contributed by atoms with Crippen molar-refractivity contribution < 1.29 is 22.8 Å². The third kappa shape index (κ3) is 4.70. The van der Waals surface area contributed by atoms with E-state index in [1.807, 2.05) is 0 Å². The number of carbonyl (C=O) groups excluding carboxylic acids is 2. The van der Waals surface area contributed by atoms with Gasteiger partial charge in [-0.2, -0.15) is 18.3 Å². The monoisotopic (exact) mass is 536 g/mol. The Bertz CT molecular complexity index is 1510. The van der Waals surface area contributed by atoms with Crippen molar-refractivity contribution >= 4 is 66.7 Å². The lowest BCUT2D eigenvalue weighted by molar-refractivity contribution is -0.136. The molecule has 4 N–H and O–H groups in total. The number of alkyl halides is 3. The normalized spacial score (nSPS) is 14.3. The molecule has 5 rings (SSSR count). The lowest BCUT2D eigenvalue weighted by Gasteiger charge is -2.26. The highest BCUT2D eigenvalue weighted by Crippen LogP contribution is 2.41. The molecular weight excluding hydrogens is 517 g/mol. The molecule has 4 aromatic rings. The molecular formula is C23H20ClF3N6O2S. The topological polar surface area (TPSA) is 112 Å². The zero-order chi connectivity index (χ0) is 25.8. The summed E-state index contributed by atoms with van der Waals surface area (Å²) in [6.07, 6.45) is -1.36. The number of rotatable bonds is 6. The molecule has 2 heterocycles. The van der Waals surface area contributed by atoms with Crippen molar-refractivity contribution in [3.63, 3.8) is 0 Å². The molecule has 2 aromatic heterocycles. The van der Waals surface area contributed by atoms with Gasteiger partial charge in [0.1, 0.15) is 5.54 Å². The highest BCUT2D eigenvalue weighted by molar-refractivity contribution is 7.23. The molecule has 36 heavy (non-hydrogen) atoms. The van der Waals surface area contributed by atoms with Gasteiger partial charge < -0.3 is 10.6 Å². The van der Waals surface area contributed by atoms with Crippen LogP contribution in [0.4, 0.5) is 24.0 Å². The van der Waals surface area contributed by atoms with Gasteiger partial charge in [-0.1, -0.05) is 22.9 Å². The number of fused-ring (bicyclic) bond motifs is 3. The molecule has 0 bridgehead atoms. The van der Waals surface area contributed by atoms with Crippen LogP contribution in [0.25, 0.3) is 21.1 Å². The smallest absolute Gasteiger partial charge is 0.372 e. The van der Waals surface area contributed by atoms with E-state index in [9.17, 15) is 22.8 Å². The minimum atomic E-state index is -4.63. The van der Waals surface area contributed by atoms with Crippen LogP contribution in [0.3, 0.4) is 0 Å². The number of benzene rings is 2. The standard InChI is InChI=1S/C23H20ClF3N6O2S/c1-22(2,32-11-5-6-15(24)12(7-11)19(34)29-10-3-4-10)20(35)31-21-30-17-14(23(25,26)27)8-16-13(9-28-33-16)18(17)36-21/h5-10,32H,3-4H2,1-2H3,(H,28,33)(H,29,34)(H,30,31,35). The van der Waals surface area contributed by atoms with Gasteiger partial charge in [-0.25, -0.2) is 4.98 Å². The van der Waals surface area contributed by atoms with Crippen LogP contribution < -0.4 is 16.0 Å². The number of H-pyrrole nitrogens is 1. The molecule has 0 radical (unpaired) electrons. The fraction of sp³-hybridized carbons (Fsp3) is 0.304. The van der Waals surface area contributed by atoms with Crippen molar-refractivity contribution in [1.29, 1.82) is 0 Å². The first-order valence-electron chi connectivity index (χ1n) is 11.0. The summed E-state index contributed by atoms with van der Waals surface area (Å²) in [7, 11) is 0. The van der Waals surface area contributed by atoms with Gasteiger partial charge in [0.2, 0.25) is 0 Å². The summed E-state index contributed by atoms with van der Waals surface area (Å²) in [5.41, 5.74) is -1.41. The van der Waals surface area contributed by atoms with Crippen molar-refractivity contribution in [1.82, 2.24) is 20.5 Å². The van der Waals surface area contributed by atoms with E-state index in [0.29, 0.717) is 11.1 Å². The van der Waals surface area contributed by atoms with Gasteiger partial charge in [-0.05, 0) is 51.0 Å². The Morgan fingerprint density at radius 3 is 2.64 bits per heavy atom. The van der Waals surface area contributed by atoms with Crippen molar-refractivity contribution in [2.24, 2.45) is 0 Å². The van der Waals surface area contributed by atoms with Crippen molar-refractivity contribution in [2.75, 3.05) is 10.6 Å². The van der Waals surface area contributed by atoms with E-state index >= 15 is 0 Å². The van der Waals surface area contributed by atoms with E-state index in [1.54, 1.807) is 32.0 Å². The molecule has 1 aliphatic carbocycles. The lowest BCUT2D eigenvalue weighted by Crippen LogP contribution is -2.44. The molecule has 8 nitrogen and oxygen atoms in total. The number of halogens is 4. The molecule has 0 saturated heterocycles. The summed E-state index contributed by atoms with van der Waals surface area (Å²) in [6.45, 7) is 3.20. The van der Waals surface area contributed by atoms with Crippen LogP contribution >= 0.6 is 22.9 Å². The third-order valence-electron chi connectivity index (χ3n) is 5.76. The number of aromatic nitrogens is 3. The molecule has 1 aliphatic rings. The van der Waals surface area contributed by atoms with Gasteiger partial charge in [-0.3, -0.25) is 20.0 Å². The summed E-state index contributed by atoms with van der Waals surface area (Å²) in [5, 5.41) is 15.7. The molecule has 0 aliphatic heterocycles. The second-order valence-corrected chi connectivity index (χ2v) is 10.5. The second kappa shape index (κ2) is 8.63. The van der Waals surface area contributed by atoms with E-state index in [-0.39, 0.29) is 43.4 Å². The fourth-order valence-corrected chi connectivity index (χ4v) is 4.90. The number of hydrogen-bond acceptors (Lipinski definition) is 6. The Labute approximate surface area is 211 Å². The average molecular weight is 537 g/mol. The Morgan fingerprint density at radius 2 is 1.94 bits per heavy atom. The molecule has 0 unspecified atom stereocenters. The number of thiazole rings is 1. The number of aromatic amines is 1. The molecule has 0 spiro atoms. The zero-order valence-electron chi connectivity index (χ0n) is 19.0. The lowest BCUT2D eigenvalue weighted by atomic mass is 10.0. The molecule has 2 aromatic carbocycles. The molecule has 0 atom stereocenters. The predicted octanol–water partition coefficient (Wildman–Crippen LogP) is 5.57. The SMILES string of the molecule is CC(C)(Nc1ccc(Cl)c(C(=O)NC2CC2)c1)C(=O)Nc1nc2c(C(F)(F)F)cc3[nH]ncc3c2s1. The highest BCUT2D eigenvalue weighted by atomic mass is 35.5. The van der Waals surface area contributed by atoms with Gasteiger partial charge in [-0.15, -0.1) is 0 Å². The van der Waals surface area contributed by atoms with Gasteiger partial charge in [0, 0.05) is 17.1 Å². The van der Waals surface area contributed by atoms with Crippen molar-refractivity contribution in [3.05, 3.63) is 46.6 Å². The van der Waals surface area contributed by atoms with Crippen molar-refractivity contribution in [3.8, 4) is 0 Å². The van der Waals surface area contributed by atoms with E-state index in [0.717, 1.165) is 30.2 Å². The largest absolute Gasteiger partial charge is 0.418 e.